The van der Waals surface area contributed by atoms with E-state index in [0.717, 1.165) is 11.4 Å². The molecular weight excluding hydrogens is 152 g/mol. The van der Waals surface area contributed by atoms with E-state index in [1.54, 1.807) is 17.1 Å². The Bertz CT molecular complexity index is 366. The van der Waals surface area contributed by atoms with Crippen molar-refractivity contribution >= 4 is 0 Å². The maximum atomic E-state index is 4.10. The molecular formula is C8H8N4. The Morgan fingerprint density at radius 3 is 2.92 bits per heavy atom. The molecule has 0 aliphatic heterocycles. The van der Waals surface area contributed by atoms with Crippen molar-refractivity contribution in [2.45, 2.75) is 0 Å². The van der Waals surface area contributed by atoms with Crippen LogP contribution in [0.15, 0.2) is 30.9 Å². The van der Waals surface area contributed by atoms with Gasteiger partial charge in [0.2, 0.25) is 0 Å². The maximum absolute atomic E-state index is 4.10. The molecule has 2 heterocycles. The Morgan fingerprint density at radius 2 is 2.33 bits per heavy atom. The average Bonchev–Trinajstić information content (AvgIpc) is 2.53. The number of pyridine rings is 1. The van der Waals surface area contributed by atoms with Crippen LogP contribution < -0.4 is 0 Å². The maximum Gasteiger partial charge on any atom is 0.159 e. The highest BCUT2D eigenvalue weighted by Crippen LogP contribution is 2.11. The lowest BCUT2D eigenvalue weighted by molar-refractivity contribution is 0.774. The van der Waals surface area contributed by atoms with Crippen LogP contribution in [0.3, 0.4) is 0 Å². The lowest BCUT2D eigenvalue weighted by Gasteiger charge is -1.97. The molecule has 2 rings (SSSR count). The summed E-state index contributed by atoms with van der Waals surface area (Å²) in [6, 6.07) is 3.83. The van der Waals surface area contributed by atoms with Gasteiger partial charge in [0, 0.05) is 25.0 Å². The molecule has 12 heavy (non-hydrogen) atoms. The molecule has 0 aliphatic carbocycles. The van der Waals surface area contributed by atoms with Crippen LogP contribution in [-0.2, 0) is 7.05 Å². The average molecular weight is 160 g/mol. The van der Waals surface area contributed by atoms with E-state index in [2.05, 4.69) is 15.1 Å². The third kappa shape index (κ3) is 1.07. The predicted octanol–water partition coefficient (Wildman–Crippen LogP) is 0.877. The normalized spacial score (nSPS) is 10.1. The molecule has 0 bridgehead atoms. The molecule has 2 aromatic heterocycles. The molecule has 0 aliphatic rings. The van der Waals surface area contributed by atoms with Crippen molar-refractivity contribution in [2.24, 2.45) is 7.05 Å². The smallest absolute Gasteiger partial charge is 0.159 e. The molecule has 0 spiro atoms. The predicted molar refractivity (Wildman–Crippen MR) is 44.2 cm³/mol. The number of nitrogens with zero attached hydrogens (tertiary/aromatic N) is 4. The SMILES string of the molecule is Cn1ncnc1-c1cccnc1. The molecule has 4 nitrogen and oxygen atoms in total. The van der Waals surface area contributed by atoms with Crippen molar-refractivity contribution in [1.82, 2.24) is 19.7 Å². The summed E-state index contributed by atoms with van der Waals surface area (Å²) >= 11 is 0. The summed E-state index contributed by atoms with van der Waals surface area (Å²) in [5.41, 5.74) is 0.984. The summed E-state index contributed by atoms with van der Waals surface area (Å²) in [6.07, 6.45) is 5.03. The number of hydrogen-bond donors (Lipinski definition) is 0. The molecule has 0 fully saturated rings. The van der Waals surface area contributed by atoms with E-state index >= 15 is 0 Å². The molecule has 0 saturated heterocycles. The minimum atomic E-state index is 0.836. The molecule has 0 amide bonds. The number of aryl methyl sites for hydroxylation is 1. The van der Waals surface area contributed by atoms with Crippen LogP contribution in [0.1, 0.15) is 0 Å². The highest BCUT2D eigenvalue weighted by atomic mass is 15.3. The first-order chi connectivity index (χ1) is 5.88. The molecule has 2 aromatic rings. The van der Waals surface area contributed by atoms with Crippen molar-refractivity contribution in [3.8, 4) is 11.4 Å². The van der Waals surface area contributed by atoms with Crippen LogP contribution >= 0.6 is 0 Å². The first kappa shape index (κ1) is 6.97. The Morgan fingerprint density at radius 1 is 1.42 bits per heavy atom. The van der Waals surface area contributed by atoms with Gasteiger partial charge in [0.15, 0.2) is 5.82 Å². The van der Waals surface area contributed by atoms with Crippen molar-refractivity contribution in [1.29, 1.82) is 0 Å². The van der Waals surface area contributed by atoms with Crippen LogP contribution in [0.5, 0.6) is 0 Å². The second-order valence-corrected chi connectivity index (χ2v) is 2.45. The second-order valence-electron chi connectivity index (χ2n) is 2.45. The van der Waals surface area contributed by atoms with Gasteiger partial charge in [0.1, 0.15) is 6.33 Å². The lowest BCUT2D eigenvalue weighted by atomic mass is 10.3. The minimum Gasteiger partial charge on any atom is -0.264 e. The van der Waals surface area contributed by atoms with E-state index < -0.39 is 0 Å². The molecule has 0 unspecified atom stereocenters. The Kier molecular flexibility index (Phi) is 1.59. The summed E-state index contributed by atoms with van der Waals surface area (Å²) < 4.78 is 1.72. The molecule has 0 N–H and O–H groups in total. The number of hydrogen-bond acceptors (Lipinski definition) is 3. The topological polar surface area (TPSA) is 43.6 Å². The molecule has 0 aromatic carbocycles. The van der Waals surface area contributed by atoms with Gasteiger partial charge < -0.3 is 0 Å². The second kappa shape index (κ2) is 2.73. The summed E-state index contributed by atoms with van der Waals surface area (Å²) in [6.45, 7) is 0. The monoisotopic (exact) mass is 160 g/mol. The van der Waals surface area contributed by atoms with Crippen molar-refractivity contribution in [2.75, 3.05) is 0 Å². The third-order valence-electron chi connectivity index (χ3n) is 1.63. The van der Waals surface area contributed by atoms with Gasteiger partial charge in [-0.2, -0.15) is 5.10 Å². The zero-order valence-electron chi connectivity index (χ0n) is 6.68. The zero-order valence-corrected chi connectivity index (χ0v) is 6.68. The van der Waals surface area contributed by atoms with E-state index in [-0.39, 0.29) is 0 Å². The number of rotatable bonds is 1. The first-order valence-electron chi connectivity index (χ1n) is 3.62. The van der Waals surface area contributed by atoms with Crippen molar-refractivity contribution < 1.29 is 0 Å². The molecule has 0 saturated carbocycles. The molecule has 60 valence electrons. The molecule has 0 radical (unpaired) electrons. The van der Waals surface area contributed by atoms with E-state index in [0.29, 0.717) is 0 Å². The fourth-order valence-corrected chi connectivity index (χ4v) is 1.05. The highest BCUT2D eigenvalue weighted by Gasteiger charge is 2.01. The van der Waals surface area contributed by atoms with Crippen molar-refractivity contribution in [3.05, 3.63) is 30.9 Å². The van der Waals surface area contributed by atoms with Crippen LogP contribution in [0.4, 0.5) is 0 Å². The van der Waals surface area contributed by atoms with Crippen molar-refractivity contribution in [3.63, 3.8) is 0 Å². The Hall–Kier alpha value is -1.71. The summed E-state index contributed by atoms with van der Waals surface area (Å²) in [4.78, 5) is 8.10. The van der Waals surface area contributed by atoms with Gasteiger partial charge in [0.25, 0.3) is 0 Å². The third-order valence-corrected chi connectivity index (χ3v) is 1.63. The van der Waals surface area contributed by atoms with E-state index in [9.17, 15) is 0 Å². The standard InChI is InChI=1S/C8H8N4/c1-12-8(10-6-11-12)7-3-2-4-9-5-7/h2-6H,1H3. The fraction of sp³-hybridized carbons (Fsp3) is 0.125. The van der Waals surface area contributed by atoms with Gasteiger partial charge in [-0.25, -0.2) is 9.67 Å². The minimum absolute atomic E-state index is 0.836. The largest absolute Gasteiger partial charge is 0.264 e. The van der Waals surface area contributed by atoms with Crippen LogP contribution in [0.25, 0.3) is 11.4 Å². The van der Waals surface area contributed by atoms with Gasteiger partial charge in [-0.15, -0.1) is 0 Å². The number of aromatic nitrogens is 4. The van der Waals surface area contributed by atoms with E-state index in [1.165, 1.54) is 6.33 Å². The van der Waals surface area contributed by atoms with Crippen LogP contribution in [0.2, 0.25) is 0 Å². The van der Waals surface area contributed by atoms with Gasteiger partial charge in [-0.1, -0.05) is 0 Å². The lowest BCUT2D eigenvalue weighted by Crippen LogP contribution is -1.94. The van der Waals surface area contributed by atoms with E-state index in [1.807, 2.05) is 19.2 Å². The Balaban J connectivity index is 2.51. The van der Waals surface area contributed by atoms with Crippen LogP contribution in [-0.4, -0.2) is 19.7 Å². The fourth-order valence-electron chi connectivity index (χ4n) is 1.05. The first-order valence-corrected chi connectivity index (χ1v) is 3.62. The van der Waals surface area contributed by atoms with Gasteiger partial charge >= 0.3 is 0 Å². The van der Waals surface area contributed by atoms with Gasteiger partial charge in [-0.05, 0) is 12.1 Å². The summed E-state index contributed by atoms with van der Waals surface area (Å²) in [5, 5.41) is 3.97. The quantitative estimate of drug-likeness (QED) is 0.622. The highest BCUT2D eigenvalue weighted by molar-refractivity contribution is 5.52. The van der Waals surface area contributed by atoms with E-state index in [4.69, 9.17) is 0 Å². The molecule has 4 heteroatoms. The van der Waals surface area contributed by atoms with Gasteiger partial charge in [-0.3, -0.25) is 4.98 Å². The summed E-state index contributed by atoms with van der Waals surface area (Å²) in [7, 11) is 1.86. The zero-order chi connectivity index (χ0) is 8.39. The Labute approximate surface area is 69.9 Å². The van der Waals surface area contributed by atoms with Crippen LogP contribution in [0, 0.1) is 0 Å². The van der Waals surface area contributed by atoms with Gasteiger partial charge in [0.05, 0.1) is 0 Å². The summed E-state index contributed by atoms with van der Waals surface area (Å²) in [5.74, 6) is 0.836. The molecule has 0 atom stereocenters.